The molecule has 0 spiro atoms. The first-order valence-electron chi connectivity index (χ1n) is 10.7. The summed E-state index contributed by atoms with van der Waals surface area (Å²) in [6.45, 7) is 5.81. The van der Waals surface area contributed by atoms with E-state index in [4.69, 9.17) is 16.3 Å². The molecule has 7 heteroatoms. The minimum Gasteiger partial charge on any atom is -0.378 e. The SMILES string of the molecule is Cc1cc(F)ccc1Nc1ccc(C(=O)c2ccc(C(=O)N3CCOCC3)cc2C)c(Cl)c1. The summed E-state index contributed by atoms with van der Waals surface area (Å²) in [4.78, 5) is 27.7. The Morgan fingerprint density at radius 2 is 1.67 bits per heavy atom. The number of morpholine rings is 1. The molecule has 3 aromatic carbocycles. The van der Waals surface area contributed by atoms with Crippen LogP contribution in [0.3, 0.4) is 0 Å². The molecule has 170 valence electrons. The summed E-state index contributed by atoms with van der Waals surface area (Å²) >= 11 is 6.45. The molecular formula is C26H24ClFN2O3. The minimum absolute atomic E-state index is 0.0649. The molecule has 4 rings (SSSR count). The number of rotatable bonds is 5. The van der Waals surface area contributed by atoms with Crippen LogP contribution in [-0.4, -0.2) is 42.9 Å². The monoisotopic (exact) mass is 466 g/mol. The lowest BCUT2D eigenvalue weighted by Crippen LogP contribution is -2.40. The second-order valence-corrected chi connectivity index (χ2v) is 8.45. The molecule has 1 heterocycles. The fourth-order valence-corrected chi connectivity index (χ4v) is 4.11. The van der Waals surface area contributed by atoms with Crippen LogP contribution in [0.4, 0.5) is 15.8 Å². The Morgan fingerprint density at radius 1 is 0.939 bits per heavy atom. The number of nitrogens with one attached hydrogen (secondary N) is 1. The van der Waals surface area contributed by atoms with E-state index in [1.54, 1.807) is 54.3 Å². The molecule has 0 radical (unpaired) electrons. The third-order valence-corrected chi connectivity index (χ3v) is 6.01. The molecule has 1 amide bonds. The average molecular weight is 467 g/mol. The molecule has 1 aliphatic heterocycles. The van der Waals surface area contributed by atoms with E-state index in [9.17, 15) is 14.0 Å². The summed E-state index contributed by atoms with van der Waals surface area (Å²) in [7, 11) is 0. The van der Waals surface area contributed by atoms with Gasteiger partial charge in [0.1, 0.15) is 5.82 Å². The van der Waals surface area contributed by atoms with Crippen molar-refractivity contribution in [3.8, 4) is 0 Å². The Labute approximate surface area is 197 Å². The van der Waals surface area contributed by atoms with Gasteiger partial charge in [-0.25, -0.2) is 4.39 Å². The van der Waals surface area contributed by atoms with Crippen LogP contribution < -0.4 is 5.32 Å². The van der Waals surface area contributed by atoms with E-state index in [2.05, 4.69) is 5.32 Å². The lowest BCUT2D eigenvalue weighted by atomic mass is 9.96. The van der Waals surface area contributed by atoms with E-state index in [0.29, 0.717) is 59.3 Å². The van der Waals surface area contributed by atoms with Gasteiger partial charge < -0.3 is 15.0 Å². The van der Waals surface area contributed by atoms with Gasteiger partial charge in [-0.15, -0.1) is 0 Å². The van der Waals surface area contributed by atoms with E-state index < -0.39 is 0 Å². The number of ether oxygens (including phenoxy) is 1. The maximum absolute atomic E-state index is 13.3. The number of hydrogen-bond donors (Lipinski definition) is 1. The van der Waals surface area contributed by atoms with Crippen LogP contribution in [0.15, 0.2) is 54.6 Å². The predicted molar refractivity (Wildman–Crippen MR) is 127 cm³/mol. The maximum Gasteiger partial charge on any atom is 0.254 e. The summed E-state index contributed by atoms with van der Waals surface area (Å²) < 4.78 is 18.6. The first-order valence-corrected chi connectivity index (χ1v) is 11.1. The lowest BCUT2D eigenvalue weighted by molar-refractivity contribution is 0.0303. The fraction of sp³-hybridized carbons (Fsp3) is 0.231. The number of carbonyl (C=O) groups excluding carboxylic acids is 2. The standard InChI is InChI=1S/C26H24ClFN2O3/c1-16-13-18(26(32)30-9-11-33-12-10-30)3-6-21(16)25(31)22-7-5-20(15-23(22)27)29-24-8-4-19(28)14-17(24)2/h3-8,13-15,29H,9-12H2,1-2H3. The van der Waals surface area contributed by atoms with Crippen molar-refractivity contribution in [3.63, 3.8) is 0 Å². The van der Waals surface area contributed by atoms with E-state index in [-0.39, 0.29) is 17.5 Å². The molecule has 1 fully saturated rings. The highest BCUT2D eigenvalue weighted by Gasteiger charge is 2.21. The molecule has 0 bridgehead atoms. The quantitative estimate of drug-likeness (QED) is 0.501. The highest BCUT2D eigenvalue weighted by Crippen LogP contribution is 2.28. The third-order valence-electron chi connectivity index (χ3n) is 5.70. The molecule has 0 saturated carbocycles. The van der Waals surface area contributed by atoms with Crippen molar-refractivity contribution in [1.29, 1.82) is 0 Å². The number of halogens is 2. The highest BCUT2D eigenvalue weighted by atomic mass is 35.5. The Kier molecular flexibility index (Phi) is 6.77. The van der Waals surface area contributed by atoms with Gasteiger partial charge in [-0.3, -0.25) is 9.59 Å². The molecule has 1 aliphatic rings. The van der Waals surface area contributed by atoms with Gasteiger partial charge in [-0.05, 0) is 79.6 Å². The van der Waals surface area contributed by atoms with Crippen molar-refractivity contribution >= 4 is 34.7 Å². The first kappa shape index (κ1) is 23.0. The van der Waals surface area contributed by atoms with Gasteiger partial charge in [0.2, 0.25) is 0 Å². The second-order valence-electron chi connectivity index (χ2n) is 8.04. The van der Waals surface area contributed by atoms with Gasteiger partial charge in [-0.2, -0.15) is 0 Å². The van der Waals surface area contributed by atoms with Crippen LogP contribution >= 0.6 is 11.6 Å². The molecular weight excluding hydrogens is 443 g/mol. The minimum atomic E-state index is -0.301. The summed E-state index contributed by atoms with van der Waals surface area (Å²) in [6, 6.07) is 14.7. The molecule has 0 unspecified atom stereocenters. The van der Waals surface area contributed by atoms with E-state index in [1.807, 2.05) is 6.92 Å². The zero-order valence-corrected chi connectivity index (χ0v) is 19.2. The number of carbonyl (C=O) groups is 2. The van der Waals surface area contributed by atoms with Gasteiger partial charge in [0.05, 0.1) is 18.2 Å². The summed E-state index contributed by atoms with van der Waals surface area (Å²) in [6.07, 6.45) is 0. The highest BCUT2D eigenvalue weighted by molar-refractivity contribution is 6.35. The fourth-order valence-electron chi connectivity index (χ4n) is 3.85. The number of ketones is 1. The van der Waals surface area contributed by atoms with Crippen molar-refractivity contribution < 1.29 is 18.7 Å². The van der Waals surface area contributed by atoms with Crippen molar-refractivity contribution in [2.45, 2.75) is 13.8 Å². The van der Waals surface area contributed by atoms with Crippen molar-refractivity contribution in [1.82, 2.24) is 4.90 Å². The Bertz CT molecular complexity index is 1220. The first-order chi connectivity index (χ1) is 15.8. The normalized spacial score (nSPS) is 13.6. The molecule has 1 N–H and O–H groups in total. The number of nitrogens with zero attached hydrogens (tertiary/aromatic N) is 1. The number of amides is 1. The van der Waals surface area contributed by atoms with Crippen molar-refractivity contribution in [2.24, 2.45) is 0 Å². The number of benzene rings is 3. The van der Waals surface area contributed by atoms with Crippen LogP contribution in [0.2, 0.25) is 5.02 Å². The molecule has 0 atom stereocenters. The summed E-state index contributed by atoms with van der Waals surface area (Å²) in [5, 5.41) is 3.50. The molecule has 0 aliphatic carbocycles. The molecule has 5 nitrogen and oxygen atoms in total. The summed E-state index contributed by atoms with van der Waals surface area (Å²) in [5.74, 6) is -0.581. The van der Waals surface area contributed by atoms with Crippen LogP contribution in [0.1, 0.15) is 37.4 Å². The van der Waals surface area contributed by atoms with Crippen LogP contribution in [-0.2, 0) is 4.74 Å². The zero-order chi connectivity index (χ0) is 23.5. The third kappa shape index (κ3) is 5.07. The second kappa shape index (κ2) is 9.73. The van der Waals surface area contributed by atoms with Gasteiger partial charge in [0, 0.05) is 41.2 Å². The summed E-state index contributed by atoms with van der Waals surface area (Å²) in [5.41, 5.74) is 4.32. The molecule has 0 aromatic heterocycles. The lowest BCUT2D eigenvalue weighted by Gasteiger charge is -2.27. The number of hydrogen-bond acceptors (Lipinski definition) is 4. The molecule has 33 heavy (non-hydrogen) atoms. The largest absolute Gasteiger partial charge is 0.378 e. The topological polar surface area (TPSA) is 58.6 Å². The van der Waals surface area contributed by atoms with Crippen molar-refractivity contribution in [2.75, 3.05) is 31.6 Å². The predicted octanol–water partition coefficient (Wildman–Crippen LogP) is 5.54. The van der Waals surface area contributed by atoms with Gasteiger partial charge >= 0.3 is 0 Å². The average Bonchev–Trinajstić information content (AvgIpc) is 2.80. The van der Waals surface area contributed by atoms with Crippen LogP contribution in [0.25, 0.3) is 0 Å². The number of aryl methyl sites for hydroxylation is 2. The van der Waals surface area contributed by atoms with E-state index in [1.165, 1.54) is 12.1 Å². The van der Waals surface area contributed by atoms with Gasteiger partial charge in [0.15, 0.2) is 5.78 Å². The van der Waals surface area contributed by atoms with Crippen LogP contribution in [0.5, 0.6) is 0 Å². The van der Waals surface area contributed by atoms with Crippen molar-refractivity contribution in [3.05, 3.63) is 93.3 Å². The Morgan fingerprint density at radius 3 is 2.33 bits per heavy atom. The Hall–Kier alpha value is -3.22. The Balaban J connectivity index is 1.53. The van der Waals surface area contributed by atoms with Gasteiger partial charge in [-0.1, -0.05) is 11.6 Å². The van der Waals surface area contributed by atoms with E-state index >= 15 is 0 Å². The van der Waals surface area contributed by atoms with Crippen LogP contribution in [0, 0.1) is 19.7 Å². The molecule has 1 saturated heterocycles. The smallest absolute Gasteiger partial charge is 0.254 e. The zero-order valence-electron chi connectivity index (χ0n) is 18.5. The number of anilines is 2. The maximum atomic E-state index is 13.3. The van der Waals surface area contributed by atoms with Gasteiger partial charge in [0.25, 0.3) is 5.91 Å². The molecule has 3 aromatic rings. The van der Waals surface area contributed by atoms with E-state index in [0.717, 1.165) is 11.3 Å².